The minimum atomic E-state index is 0.536. The van der Waals surface area contributed by atoms with Gasteiger partial charge in [-0.3, -0.25) is 0 Å². The number of nitrogens with one attached hydrogen (secondary N) is 1. The standard InChI is InChI=1S/C16H21NS/c1-11(2)17-9-14-8-16(18-10-14)15-7-12(3)5-6-13(15)4/h5-8,10-11,17H,9H2,1-4H3. The molecular weight excluding hydrogens is 238 g/mol. The Balaban J connectivity index is 2.21. The molecule has 0 aliphatic heterocycles. The van der Waals surface area contributed by atoms with Gasteiger partial charge in [0.05, 0.1) is 0 Å². The van der Waals surface area contributed by atoms with Gasteiger partial charge in [0.1, 0.15) is 0 Å². The quantitative estimate of drug-likeness (QED) is 0.850. The van der Waals surface area contributed by atoms with Crippen LogP contribution in [0.5, 0.6) is 0 Å². The van der Waals surface area contributed by atoms with E-state index in [1.807, 2.05) is 11.3 Å². The Bertz CT molecular complexity index is 526. The minimum absolute atomic E-state index is 0.536. The van der Waals surface area contributed by atoms with E-state index in [1.54, 1.807) is 0 Å². The Labute approximate surface area is 114 Å². The maximum Gasteiger partial charge on any atom is 0.0348 e. The molecule has 0 atom stereocenters. The zero-order valence-corrected chi connectivity index (χ0v) is 12.4. The average molecular weight is 259 g/mol. The van der Waals surface area contributed by atoms with Gasteiger partial charge >= 0.3 is 0 Å². The van der Waals surface area contributed by atoms with E-state index in [4.69, 9.17) is 0 Å². The van der Waals surface area contributed by atoms with Crippen LogP contribution in [0.2, 0.25) is 0 Å². The summed E-state index contributed by atoms with van der Waals surface area (Å²) in [4.78, 5) is 1.37. The molecule has 0 aliphatic carbocycles. The summed E-state index contributed by atoms with van der Waals surface area (Å²) in [6, 6.07) is 9.50. The summed E-state index contributed by atoms with van der Waals surface area (Å²) in [5.41, 5.74) is 5.43. The number of rotatable bonds is 4. The van der Waals surface area contributed by atoms with Gasteiger partial charge in [-0.1, -0.05) is 37.6 Å². The normalized spacial score (nSPS) is 11.2. The van der Waals surface area contributed by atoms with E-state index in [9.17, 15) is 0 Å². The van der Waals surface area contributed by atoms with Gasteiger partial charge in [-0.2, -0.15) is 0 Å². The van der Waals surface area contributed by atoms with E-state index in [0.717, 1.165) is 6.54 Å². The molecule has 1 aromatic carbocycles. The molecule has 0 bridgehead atoms. The Kier molecular flexibility index (Phi) is 4.20. The highest BCUT2D eigenvalue weighted by Crippen LogP contribution is 2.30. The van der Waals surface area contributed by atoms with Gasteiger partial charge in [0.25, 0.3) is 0 Å². The van der Waals surface area contributed by atoms with Crippen LogP contribution in [0.1, 0.15) is 30.5 Å². The molecule has 0 spiro atoms. The third-order valence-electron chi connectivity index (χ3n) is 3.03. The van der Waals surface area contributed by atoms with Gasteiger partial charge in [-0.05, 0) is 42.0 Å². The molecule has 96 valence electrons. The van der Waals surface area contributed by atoms with E-state index in [1.165, 1.54) is 27.1 Å². The molecule has 0 radical (unpaired) electrons. The SMILES string of the molecule is Cc1ccc(C)c(-c2cc(CNC(C)C)cs2)c1. The van der Waals surface area contributed by atoms with E-state index in [0.29, 0.717) is 6.04 Å². The maximum atomic E-state index is 3.46. The topological polar surface area (TPSA) is 12.0 Å². The molecule has 1 heterocycles. The number of thiophene rings is 1. The van der Waals surface area contributed by atoms with Gasteiger partial charge in [0.15, 0.2) is 0 Å². The maximum absolute atomic E-state index is 3.46. The summed E-state index contributed by atoms with van der Waals surface area (Å²) in [5.74, 6) is 0. The number of hydrogen-bond donors (Lipinski definition) is 1. The predicted octanol–water partition coefficient (Wildman–Crippen LogP) is 4.53. The highest BCUT2D eigenvalue weighted by atomic mass is 32.1. The van der Waals surface area contributed by atoms with E-state index in [2.05, 4.69) is 62.7 Å². The van der Waals surface area contributed by atoms with Crippen LogP contribution in [0.3, 0.4) is 0 Å². The largest absolute Gasteiger partial charge is 0.310 e. The fourth-order valence-corrected chi connectivity index (χ4v) is 2.93. The fraction of sp³-hybridized carbons (Fsp3) is 0.375. The van der Waals surface area contributed by atoms with Crippen molar-refractivity contribution in [3.63, 3.8) is 0 Å². The Morgan fingerprint density at radius 1 is 1.17 bits per heavy atom. The fourth-order valence-electron chi connectivity index (χ4n) is 1.93. The van der Waals surface area contributed by atoms with Crippen molar-refractivity contribution >= 4 is 11.3 Å². The van der Waals surface area contributed by atoms with Crippen molar-refractivity contribution in [1.29, 1.82) is 0 Å². The molecule has 1 aromatic heterocycles. The lowest BCUT2D eigenvalue weighted by molar-refractivity contribution is 0.590. The van der Waals surface area contributed by atoms with Gasteiger partial charge in [-0.25, -0.2) is 0 Å². The summed E-state index contributed by atoms with van der Waals surface area (Å²) in [6.45, 7) is 9.65. The van der Waals surface area contributed by atoms with Crippen molar-refractivity contribution in [2.45, 2.75) is 40.3 Å². The Morgan fingerprint density at radius 2 is 1.94 bits per heavy atom. The molecule has 18 heavy (non-hydrogen) atoms. The Hall–Kier alpha value is -1.12. The zero-order chi connectivity index (χ0) is 13.1. The summed E-state index contributed by atoms with van der Waals surface area (Å²) in [5, 5.41) is 5.72. The van der Waals surface area contributed by atoms with Crippen LogP contribution in [0.4, 0.5) is 0 Å². The average Bonchev–Trinajstić information content (AvgIpc) is 2.78. The number of aryl methyl sites for hydroxylation is 2. The third-order valence-corrected chi connectivity index (χ3v) is 4.04. The highest BCUT2D eigenvalue weighted by molar-refractivity contribution is 7.13. The van der Waals surface area contributed by atoms with Crippen LogP contribution in [-0.2, 0) is 6.54 Å². The van der Waals surface area contributed by atoms with E-state index < -0.39 is 0 Å². The van der Waals surface area contributed by atoms with E-state index in [-0.39, 0.29) is 0 Å². The summed E-state index contributed by atoms with van der Waals surface area (Å²) in [7, 11) is 0. The minimum Gasteiger partial charge on any atom is -0.310 e. The number of benzene rings is 1. The first kappa shape index (κ1) is 13.3. The van der Waals surface area contributed by atoms with Crippen molar-refractivity contribution < 1.29 is 0 Å². The smallest absolute Gasteiger partial charge is 0.0348 e. The zero-order valence-electron chi connectivity index (χ0n) is 11.6. The van der Waals surface area contributed by atoms with Crippen molar-refractivity contribution in [3.05, 3.63) is 46.3 Å². The summed E-state index contributed by atoms with van der Waals surface area (Å²) >= 11 is 1.84. The van der Waals surface area contributed by atoms with Gasteiger partial charge in [0.2, 0.25) is 0 Å². The molecule has 1 N–H and O–H groups in total. The summed E-state index contributed by atoms with van der Waals surface area (Å²) in [6.07, 6.45) is 0. The van der Waals surface area contributed by atoms with Crippen molar-refractivity contribution in [3.8, 4) is 10.4 Å². The van der Waals surface area contributed by atoms with E-state index >= 15 is 0 Å². The van der Waals surface area contributed by atoms with Crippen molar-refractivity contribution in [2.75, 3.05) is 0 Å². The lowest BCUT2D eigenvalue weighted by Crippen LogP contribution is -2.21. The molecule has 2 heteroatoms. The molecule has 0 amide bonds. The highest BCUT2D eigenvalue weighted by Gasteiger charge is 2.06. The molecule has 2 aromatic rings. The van der Waals surface area contributed by atoms with Crippen LogP contribution >= 0.6 is 11.3 Å². The van der Waals surface area contributed by atoms with Crippen LogP contribution in [0.15, 0.2) is 29.6 Å². The molecular formula is C16H21NS. The second-order valence-electron chi connectivity index (χ2n) is 5.17. The lowest BCUT2D eigenvalue weighted by atomic mass is 10.0. The first-order valence-electron chi connectivity index (χ1n) is 6.44. The first-order chi connectivity index (χ1) is 8.56. The van der Waals surface area contributed by atoms with Crippen LogP contribution < -0.4 is 5.32 Å². The van der Waals surface area contributed by atoms with Crippen molar-refractivity contribution in [2.24, 2.45) is 0 Å². The van der Waals surface area contributed by atoms with Crippen LogP contribution in [0.25, 0.3) is 10.4 Å². The Morgan fingerprint density at radius 3 is 2.67 bits per heavy atom. The van der Waals surface area contributed by atoms with Crippen LogP contribution in [0, 0.1) is 13.8 Å². The third kappa shape index (κ3) is 3.21. The van der Waals surface area contributed by atoms with Gasteiger partial charge < -0.3 is 5.32 Å². The molecule has 2 rings (SSSR count). The molecule has 1 nitrogen and oxygen atoms in total. The predicted molar refractivity (Wildman–Crippen MR) is 81.2 cm³/mol. The van der Waals surface area contributed by atoms with Gasteiger partial charge in [0, 0.05) is 17.5 Å². The molecule has 0 aliphatic rings. The first-order valence-corrected chi connectivity index (χ1v) is 7.32. The second-order valence-corrected chi connectivity index (χ2v) is 6.08. The van der Waals surface area contributed by atoms with Gasteiger partial charge in [-0.15, -0.1) is 11.3 Å². The number of hydrogen-bond acceptors (Lipinski definition) is 2. The molecule has 0 saturated heterocycles. The molecule has 0 saturated carbocycles. The monoisotopic (exact) mass is 259 g/mol. The van der Waals surface area contributed by atoms with Crippen molar-refractivity contribution in [1.82, 2.24) is 5.32 Å². The molecule has 0 fully saturated rings. The lowest BCUT2D eigenvalue weighted by Gasteiger charge is -2.06. The second kappa shape index (κ2) is 5.68. The van der Waals surface area contributed by atoms with Crippen LogP contribution in [-0.4, -0.2) is 6.04 Å². The molecule has 0 unspecified atom stereocenters. The summed E-state index contributed by atoms with van der Waals surface area (Å²) < 4.78 is 0.